The van der Waals surface area contributed by atoms with Crippen molar-refractivity contribution in [2.45, 2.75) is 79.7 Å². The van der Waals surface area contributed by atoms with Crippen LogP contribution in [0.15, 0.2) is 35.6 Å². The highest BCUT2D eigenvalue weighted by Crippen LogP contribution is 2.43. The van der Waals surface area contributed by atoms with E-state index in [2.05, 4.69) is 83.0 Å². The van der Waals surface area contributed by atoms with Crippen molar-refractivity contribution in [2.75, 3.05) is 0 Å². The van der Waals surface area contributed by atoms with Gasteiger partial charge in [-0.3, -0.25) is 0 Å². The van der Waals surface area contributed by atoms with Gasteiger partial charge in [-0.05, 0) is 59.0 Å². The van der Waals surface area contributed by atoms with Crippen LogP contribution in [0.4, 0.5) is 0 Å². The maximum absolute atomic E-state index is 3.79. The smallest absolute Gasteiger partial charge is 0.0756 e. The SMILES string of the molecule is CC#CC1(C)C=CC(C)(N/C(=C/C)CCC(C)CCC)C1=CC. The fourth-order valence-electron chi connectivity index (χ4n) is 3.78. The van der Waals surface area contributed by atoms with E-state index < -0.39 is 0 Å². The molecule has 1 aliphatic carbocycles. The molecule has 0 spiro atoms. The molecule has 1 rings (SSSR count). The molecule has 0 fully saturated rings. The van der Waals surface area contributed by atoms with Gasteiger partial charge in [-0.1, -0.05) is 56.9 Å². The van der Waals surface area contributed by atoms with Crippen molar-refractivity contribution in [1.82, 2.24) is 5.32 Å². The molecule has 0 aromatic carbocycles. The first kappa shape index (κ1) is 19.6. The predicted molar refractivity (Wildman–Crippen MR) is 103 cm³/mol. The maximum atomic E-state index is 3.79. The molecule has 1 N–H and O–H groups in total. The van der Waals surface area contributed by atoms with Gasteiger partial charge < -0.3 is 5.32 Å². The van der Waals surface area contributed by atoms with Crippen LogP contribution in [0.25, 0.3) is 0 Å². The summed E-state index contributed by atoms with van der Waals surface area (Å²) in [6.07, 6.45) is 13.9. The molecule has 0 radical (unpaired) electrons. The van der Waals surface area contributed by atoms with Gasteiger partial charge in [-0.25, -0.2) is 0 Å². The fourth-order valence-corrected chi connectivity index (χ4v) is 3.78. The van der Waals surface area contributed by atoms with Crippen molar-refractivity contribution in [1.29, 1.82) is 0 Å². The van der Waals surface area contributed by atoms with E-state index in [1.165, 1.54) is 30.5 Å². The molecule has 128 valence electrons. The summed E-state index contributed by atoms with van der Waals surface area (Å²) in [7, 11) is 0. The summed E-state index contributed by atoms with van der Waals surface area (Å²) in [5.41, 5.74) is 2.40. The van der Waals surface area contributed by atoms with Gasteiger partial charge in [-0.15, -0.1) is 5.92 Å². The summed E-state index contributed by atoms with van der Waals surface area (Å²) in [4.78, 5) is 0. The minimum Gasteiger partial charge on any atom is -0.376 e. The van der Waals surface area contributed by atoms with E-state index in [0.717, 1.165) is 12.3 Å². The minimum atomic E-state index is -0.153. The van der Waals surface area contributed by atoms with Gasteiger partial charge in [0.15, 0.2) is 0 Å². The normalized spacial score (nSPS) is 30.2. The quantitative estimate of drug-likeness (QED) is 0.449. The average molecular weight is 314 g/mol. The topological polar surface area (TPSA) is 12.0 Å². The second kappa shape index (κ2) is 8.44. The van der Waals surface area contributed by atoms with Gasteiger partial charge in [0.25, 0.3) is 0 Å². The zero-order valence-electron chi connectivity index (χ0n) is 16.2. The Hall–Kier alpha value is -1.42. The van der Waals surface area contributed by atoms with Crippen LogP contribution in [0.1, 0.15) is 74.1 Å². The Morgan fingerprint density at radius 3 is 2.48 bits per heavy atom. The van der Waals surface area contributed by atoms with E-state index in [1.54, 1.807) is 0 Å². The molecule has 1 heteroatoms. The number of allylic oxidation sites excluding steroid dienone is 4. The second-order valence-corrected chi connectivity index (χ2v) is 7.19. The van der Waals surface area contributed by atoms with Crippen LogP contribution in [0.5, 0.6) is 0 Å². The van der Waals surface area contributed by atoms with Gasteiger partial charge in [0.1, 0.15) is 0 Å². The number of hydrogen-bond donors (Lipinski definition) is 1. The molecule has 3 atom stereocenters. The molecule has 0 aromatic heterocycles. The van der Waals surface area contributed by atoms with E-state index >= 15 is 0 Å². The first-order chi connectivity index (χ1) is 10.8. The van der Waals surface area contributed by atoms with Crippen molar-refractivity contribution in [2.24, 2.45) is 11.3 Å². The zero-order chi connectivity index (χ0) is 17.5. The third-order valence-corrected chi connectivity index (χ3v) is 5.00. The molecule has 0 aromatic rings. The van der Waals surface area contributed by atoms with Crippen LogP contribution in [-0.4, -0.2) is 5.54 Å². The van der Waals surface area contributed by atoms with Gasteiger partial charge in [0.05, 0.1) is 11.0 Å². The largest absolute Gasteiger partial charge is 0.376 e. The number of rotatable bonds is 7. The van der Waals surface area contributed by atoms with Crippen LogP contribution in [0, 0.1) is 23.2 Å². The lowest BCUT2D eigenvalue weighted by Gasteiger charge is -2.34. The second-order valence-electron chi connectivity index (χ2n) is 7.19. The molecular formula is C22H35N. The fraction of sp³-hybridized carbons (Fsp3) is 0.636. The predicted octanol–water partition coefficient (Wildman–Crippen LogP) is 6.00. The molecule has 0 aliphatic heterocycles. The highest BCUT2D eigenvalue weighted by molar-refractivity contribution is 5.49. The first-order valence-corrected chi connectivity index (χ1v) is 9.10. The first-order valence-electron chi connectivity index (χ1n) is 9.10. The van der Waals surface area contributed by atoms with Crippen LogP contribution in [0.3, 0.4) is 0 Å². The molecule has 3 unspecified atom stereocenters. The third kappa shape index (κ3) is 4.77. The maximum Gasteiger partial charge on any atom is 0.0756 e. The molecule has 0 saturated heterocycles. The van der Waals surface area contributed by atoms with Crippen molar-refractivity contribution in [3.05, 3.63) is 35.6 Å². The Labute approximate surface area is 144 Å². The summed E-state index contributed by atoms with van der Waals surface area (Å²) < 4.78 is 0. The van der Waals surface area contributed by atoms with Crippen molar-refractivity contribution < 1.29 is 0 Å². The molecule has 1 nitrogen and oxygen atoms in total. The molecule has 0 heterocycles. The number of hydrogen-bond acceptors (Lipinski definition) is 1. The van der Waals surface area contributed by atoms with Crippen molar-refractivity contribution >= 4 is 0 Å². The lowest BCUT2D eigenvalue weighted by atomic mass is 9.79. The summed E-state index contributed by atoms with van der Waals surface area (Å²) >= 11 is 0. The third-order valence-electron chi connectivity index (χ3n) is 5.00. The molecule has 0 saturated carbocycles. The lowest BCUT2D eigenvalue weighted by Crippen LogP contribution is -2.42. The highest BCUT2D eigenvalue weighted by atomic mass is 15.0. The van der Waals surface area contributed by atoms with Crippen LogP contribution < -0.4 is 5.32 Å². The monoisotopic (exact) mass is 313 g/mol. The highest BCUT2D eigenvalue weighted by Gasteiger charge is 2.42. The van der Waals surface area contributed by atoms with E-state index in [-0.39, 0.29) is 11.0 Å². The molecule has 23 heavy (non-hydrogen) atoms. The van der Waals surface area contributed by atoms with Crippen molar-refractivity contribution in [3.8, 4) is 11.8 Å². The molecule has 0 amide bonds. The van der Waals surface area contributed by atoms with E-state index in [9.17, 15) is 0 Å². The molecular weight excluding hydrogens is 278 g/mol. The van der Waals surface area contributed by atoms with Gasteiger partial charge >= 0.3 is 0 Å². The van der Waals surface area contributed by atoms with E-state index in [1.807, 2.05) is 6.92 Å². The van der Waals surface area contributed by atoms with E-state index in [4.69, 9.17) is 0 Å². The van der Waals surface area contributed by atoms with Crippen LogP contribution in [-0.2, 0) is 0 Å². The zero-order valence-corrected chi connectivity index (χ0v) is 16.2. The minimum absolute atomic E-state index is 0.136. The lowest BCUT2D eigenvalue weighted by molar-refractivity contribution is 0.456. The summed E-state index contributed by atoms with van der Waals surface area (Å²) in [5, 5.41) is 3.79. The van der Waals surface area contributed by atoms with Crippen LogP contribution >= 0.6 is 0 Å². The Bertz CT molecular complexity index is 540. The van der Waals surface area contributed by atoms with E-state index in [0.29, 0.717) is 0 Å². The number of nitrogens with one attached hydrogen (secondary N) is 1. The molecule has 1 aliphatic rings. The van der Waals surface area contributed by atoms with Crippen LogP contribution in [0.2, 0.25) is 0 Å². The average Bonchev–Trinajstić information content (AvgIpc) is 2.75. The Kier molecular flexibility index (Phi) is 7.20. The summed E-state index contributed by atoms with van der Waals surface area (Å²) in [5.74, 6) is 7.25. The Morgan fingerprint density at radius 2 is 1.96 bits per heavy atom. The standard InChI is InChI=1S/C22H35N/c1-8-12-18(5)13-14-19(10-3)23-22(7)17-16-21(6,15-9-2)20(22)11-4/h10-11,16-18,23H,8,12-14H2,1-7H3/b19-10+,20-11?. The van der Waals surface area contributed by atoms with Gasteiger partial charge in [-0.2, -0.15) is 0 Å². The Balaban J connectivity index is 2.85. The van der Waals surface area contributed by atoms with Crippen molar-refractivity contribution in [3.63, 3.8) is 0 Å². The summed E-state index contributed by atoms with van der Waals surface area (Å²) in [6.45, 7) is 15.3. The summed E-state index contributed by atoms with van der Waals surface area (Å²) in [6, 6.07) is 0. The van der Waals surface area contributed by atoms with Gasteiger partial charge in [0, 0.05) is 5.70 Å². The molecule has 0 bridgehead atoms. The Morgan fingerprint density at radius 1 is 1.26 bits per heavy atom. The van der Waals surface area contributed by atoms with Gasteiger partial charge in [0.2, 0.25) is 0 Å².